The van der Waals surface area contributed by atoms with Gasteiger partial charge in [-0.15, -0.1) is 0 Å². The number of amides is 1. The van der Waals surface area contributed by atoms with Crippen molar-refractivity contribution < 1.29 is 9.21 Å². The average molecular weight is 271 g/mol. The van der Waals surface area contributed by atoms with Crippen LogP contribution in [0.25, 0.3) is 11.0 Å². The van der Waals surface area contributed by atoms with E-state index >= 15 is 0 Å². The number of nitrogens with one attached hydrogen (secondary N) is 1. The first kappa shape index (κ1) is 12.0. The van der Waals surface area contributed by atoms with Crippen molar-refractivity contribution >= 4 is 16.9 Å². The van der Waals surface area contributed by atoms with Gasteiger partial charge in [0.1, 0.15) is 5.58 Å². The smallest absolute Gasteiger partial charge is 0.251 e. The molecule has 1 aromatic heterocycles. The maximum Gasteiger partial charge on any atom is 0.251 e. The molecule has 1 aromatic carbocycles. The molecule has 0 aliphatic carbocycles. The minimum absolute atomic E-state index is 0.0341. The lowest BCUT2D eigenvalue weighted by atomic mass is 9.84. The van der Waals surface area contributed by atoms with Crippen LogP contribution in [0.3, 0.4) is 0 Å². The molecule has 1 N–H and O–H groups in total. The summed E-state index contributed by atoms with van der Waals surface area (Å²) >= 11 is 0. The van der Waals surface area contributed by atoms with Gasteiger partial charge < -0.3 is 14.6 Å². The van der Waals surface area contributed by atoms with Crippen LogP contribution in [-0.4, -0.2) is 36.5 Å². The fourth-order valence-electron chi connectivity index (χ4n) is 3.49. The molecule has 3 aliphatic heterocycles. The van der Waals surface area contributed by atoms with Crippen LogP contribution >= 0.6 is 0 Å². The van der Waals surface area contributed by atoms with Gasteiger partial charge in [0, 0.05) is 23.5 Å². The third kappa shape index (κ3) is 2.00. The fraction of sp³-hybridized carbons (Fsp3) is 0.438. The number of hydrogen-bond acceptors (Lipinski definition) is 3. The number of rotatable bonds is 2. The summed E-state index contributed by atoms with van der Waals surface area (Å²) in [6, 6.07) is 7.80. The quantitative estimate of drug-likeness (QED) is 0.911. The van der Waals surface area contributed by atoms with Gasteiger partial charge in [0.15, 0.2) is 0 Å². The Morgan fingerprint density at radius 2 is 2.10 bits per heavy atom. The van der Waals surface area contributed by atoms with Gasteiger partial charge in [-0.25, -0.2) is 0 Å². The second kappa shape index (κ2) is 4.63. The fourth-order valence-corrected chi connectivity index (χ4v) is 3.49. The summed E-state index contributed by atoms with van der Waals surface area (Å²) in [5, 5.41) is 4.19. The number of fused-ring (bicyclic) bond motifs is 4. The molecule has 1 atom stereocenters. The van der Waals surface area contributed by atoms with E-state index in [1.165, 1.54) is 25.9 Å². The molecule has 3 saturated heterocycles. The Morgan fingerprint density at radius 1 is 1.25 bits per heavy atom. The Labute approximate surface area is 117 Å². The van der Waals surface area contributed by atoms with Crippen LogP contribution in [0.5, 0.6) is 0 Å². The molecule has 104 valence electrons. The molecular weight excluding hydrogens is 253 g/mol. The van der Waals surface area contributed by atoms with Gasteiger partial charge in [-0.1, -0.05) is 0 Å². The van der Waals surface area contributed by atoms with E-state index in [-0.39, 0.29) is 5.91 Å². The maximum absolute atomic E-state index is 12.4. The van der Waals surface area contributed by atoms with E-state index in [2.05, 4.69) is 10.2 Å². The van der Waals surface area contributed by atoms with Gasteiger partial charge in [-0.3, -0.25) is 4.79 Å². The number of furan rings is 1. The molecular formula is C16H18N2O2. The highest BCUT2D eigenvalue weighted by atomic mass is 16.4. The Morgan fingerprint density at radius 3 is 2.85 bits per heavy atom. The predicted molar refractivity (Wildman–Crippen MR) is 76.6 cm³/mol. The molecule has 0 unspecified atom stereocenters. The second-order valence-electron chi connectivity index (χ2n) is 5.89. The van der Waals surface area contributed by atoms with Gasteiger partial charge in [0.2, 0.25) is 0 Å². The number of benzene rings is 1. The van der Waals surface area contributed by atoms with Crippen molar-refractivity contribution in [1.29, 1.82) is 0 Å². The average Bonchev–Trinajstić information content (AvgIpc) is 2.96. The van der Waals surface area contributed by atoms with E-state index in [0.29, 0.717) is 12.0 Å². The van der Waals surface area contributed by atoms with Crippen molar-refractivity contribution in [2.75, 3.05) is 19.6 Å². The van der Waals surface area contributed by atoms with E-state index in [9.17, 15) is 4.79 Å². The normalized spacial score (nSPS) is 28.7. The van der Waals surface area contributed by atoms with Gasteiger partial charge >= 0.3 is 0 Å². The van der Waals surface area contributed by atoms with Crippen LogP contribution in [-0.2, 0) is 0 Å². The van der Waals surface area contributed by atoms with Gasteiger partial charge in [0.25, 0.3) is 5.91 Å². The summed E-state index contributed by atoms with van der Waals surface area (Å²) in [7, 11) is 0. The van der Waals surface area contributed by atoms with Gasteiger partial charge in [-0.05, 0) is 56.1 Å². The van der Waals surface area contributed by atoms with Crippen LogP contribution in [0.2, 0.25) is 0 Å². The van der Waals surface area contributed by atoms with Crippen LogP contribution in [0.1, 0.15) is 23.2 Å². The summed E-state index contributed by atoms with van der Waals surface area (Å²) in [4.78, 5) is 14.8. The first-order chi connectivity index (χ1) is 9.79. The third-order valence-corrected chi connectivity index (χ3v) is 4.69. The number of piperidine rings is 3. The van der Waals surface area contributed by atoms with Crippen molar-refractivity contribution in [3.63, 3.8) is 0 Å². The summed E-state index contributed by atoms with van der Waals surface area (Å²) in [6.07, 6.45) is 4.08. The highest BCUT2D eigenvalue weighted by Crippen LogP contribution is 2.27. The molecule has 20 heavy (non-hydrogen) atoms. The van der Waals surface area contributed by atoms with Gasteiger partial charge in [0.05, 0.1) is 6.26 Å². The van der Waals surface area contributed by atoms with E-state index in [1.54, 1.807) is 6.26 Å². The third-order valence-electron chi connectivity index (χ3n) is 4.69. The highest BCUT2D eigenvalue weighted by molar-refractivity contribution is 5.97. The topological polar surface area (TPSA) is 45.5 Å². The zero-order valence-electron chi connectivity index (χ0n) is 11.3. The zero-order chi connectivity index (χ0) is 13.5. The molecule has 2 aromatic rings. The molecule has 0 spiro atoms. The summed E-state index contributed by atoms with van der Waals surface area (Å²) in [5.41, 5.74) is 1.54. The highest BCUT2D eigenvalue weighted by Gasteiger charge is 2.34. The number of carbonyl (C=O) groups excluding carboxylic acids is 1. The Bertz CT molecular complexity index is 641. The molecule has 4 nitrogen and oxygen atoms in total. The molecule has 4 heterocycles. The molecule has 3 fully saturated rings. The first-order valence-corrected chi connectivity index (χ1v) is 7.30. The van der Waals surface area contributed by atoms with Gasteiger partial charge in [-0.2, -0.15) is 0 Å². The molecule has 1 amide bonds. The van der Waals surface area contributed by atoms with E-state index in [4.69, 9.17) is 4.42 Å². The minimum atomic E-state index is 0.0341. The largest absolute Gasteiger partial charge is 0.464 e. The van der Waals surface area contributed by atoms with Crippen molar-refractivity contribution in [1.82, 2.24) is 10.2 Å². The van der Waals surface area contributed by atoms with E-state index in [1.807, 2.05) is 24.3 Å². The molecule has 5 rings (SSSR count). The Hall–Kier alpha value is -1.81. The standard InChI is InChI=1S/C16H18N2O2/c19-16(13-1-2-15-12(9-13)5-8-20-15)17-14-10-18-6-3-11(14)4-7-18/h1-2,5,8-9,11,14H,3-4,6-7,10H2,(H,17,19)/t14-/m0/s1/i8+1. The Kier molecular flexibility index (Phi) is 2.77. The minimum Gasteiger partial charge on any atom is -0.464 e. The summed E-state index contributed by atoms with van der Waals surface area (Å²) in [6.45, 7) is 3.39. The summed E-state index contributed by atoms with van der Waals surface area (Å²) in [5.74, 6) is 0.688. The van der Waals surface area contributed by atoms with Crippen LogP contribution in [0.15, 0.2) is 34.9 Å². The molecule has 0 saturated carbocycles. The lowest BCUT2D eigenvalue weighted by molar-refractivity contribution is 0.0620. The number of nitrogens with zero attached hydrogens (tertiary/aromatic N) is 1. The van der Waals surface area contributed by atoms with E-state index in [0.717, 1.165) is 23.1 Å². The molecule has 3 aliphatic rings. The molecule has 2 bridgehead atoms. The SMILES string of the molecule is O=C(N[C@H]1CN2CCC1CC2)c1ccc2o[13cH]cc2c1. The van der Waals surface area contributed by atoms with Crippen LogP contribution < -0.4 is 5.32 Å². The lowest BCUT2D eigenvalue weighted by Crippen LogP contribution is -2.57. The maximum atomic E-state index is 12.4. The zero-order valence-corrected chi connectivity index (χ0v) is 11.3. The number of hydrogen-bond donors (Lipinski definition) is 1. The van der Waals surface area contributed by atoms with Crippen molar-refractivity contribution in [2.24, 2.45) is 5.92 Å². The summed E-state index contributed by atoms with van der Waals surface area (Å²) < 4.78 is 5.30. The monoisotopic (exact) mass is 271 g/mol. The van der Waals surface area contributed by atoms with Crippen LogP contribution in [0, 0.1) is 5.92 Å². The first-order valence-electron chi connectivity index (χ1n) is 7.30. The Balaban J connectivity index is 1.52. The van der Waals surface area contributed by atoms with E-state index < -0.39 is 0 Å². The second-order valence-corrected chi connectivity index (χ2v) is 5.89. The van der Waals surface area contributed by atoms with Crippen molar-refractivity contribution in [2.45, 2.75) is 18.9 Å². The molecule has 4 heteroatoms. The van der Waals surface area contributed by atoms with Crippen molar-refractivity contribution in [3.8, 4) is 0 Å². The lowest BCUT2D eigenvalue weighted by Gasteiger charge is -2.44. The number of carbonyl (C=O) groups is 1. The molecule has 0 radical (unpaired) electrons. The van der Waals surface area contributed by atoms with Crippen molar-refractivity contribution in [3.05, 3.63) is 36.1 Å². The van der Waals surface area contributed by atoms with Crippen LogP contribution in [0.4, 0.5) is 0 Å². The predicted octanol–water partition coefficient (Wildman–Crippen LogP) is 2.26.